The van der Waals surface area contributed by atoms with E-state index in [1.165, 1.54) is 0 Å². The number of methoxy groups -OCH3 is 1. The monoisotopic (exact) mass is 295 g/mol. The van der Waals surface area contributed by atoms with Gasteiger partial charge in [0.1, 0.15) is 17.2 Å². The molecule has 22 heavy (non-hydrogen) atoms. The van der Waals surface area contributed by atoms with Crippen LogP contribution in [0, 0.1) is 0 Å². The number of hydrogen-bond acceptors (Lipinski definition) is 4. The summed E-state index contributed by atoms with van der Waals surface area (Å²) >= 11 is 0. The van der Waals surface area contributed by atoms with Crippen molar-refractivity contribution in [1.29, 1.82) is 0 Å². The first-order valence-corrected chi connectivity index (χ1v) is 7.09. The molecule has 2 aromatic carbocycles. The van der Waals surface area contributed by atoms with Crippen LogP contribution in [0.2, 0.25) is 0 Å². The first kappa shape index (κ1) is 14.4. The Hall–Kier alpha value is -2.59. The van der Waals surface area contributed by atoms with Gasteiger partial charge in [0.25, 0.3) is 0 Å². The molecule has 4 nitrogen and oxygen atoms in total. The van der Waals surface area contributed by atoms with Crippen molar-refractivity contribution in [1.82, 2.24) is 5.16 Å². The summed E-state index contributed by atoms with van der Waals surface area (Å²) in [6.07, 6.45) is -0.255. The number of hydrogen-bond donors (Lipinski definition) is 1. The Morgan fingerprint density at radius 3 is 2.50 bits per heavy atom. The molecule has 0 aliphatic rings. The maximum absolute atomic E-state index is 10.3. The van der Waals surface area contributed by atoms with Crippen molar-refractivity contribution in [2.45, 2.75) is 12.5 Å². The van der Waals surface area contributed by atoms with E-state index in [2.05, 4.69) is 5.16 Å². The molecule has 0 aliphatic heterocycles. The zero-order chi connectivity index (χ0) is 15.4. The lowest BCUT2D eigenvalue weighted by Gasteiger charge is -2.09. The van der Waals surface area contributed by atoms with E-state index in [0.29, 0.717) is 12.2 Å². The molecule has 3 aromatic rings. The molecule has 1 atom stereocenters. The number of rotatable bonds is 5. The highest BCUT2D eigenvalue weighted by Gasteiger charge is 2.13. The van der Waals surface area contributed by atoms with Crippen LogP contribution in [0.5, 0.6) is 5.75 Å². The molecule has 1 aromatic heterocycles. The van der Waals surface area contributed by atoms with Crippen LogP contribution in [-0.2, 0) is 6.42 Å². The molecule has 0 bridgehead atoms. The third-order valence-corrected chi connectivity index (χ3v) is 3.52. The zero-order valence-corrected chi connectivity index (χ0v) is 12.3. The van der Waals surface area contributed by atoms with E-state index < -0.39 is 6.10 Å². The van der Waals surface area contributed by atoms with E-state index in [0.717, 1.165) is 22.6 Å². The number of aromatic nitrogens is 1. The van der Waals surface area contributed by atoms with Crippen LogP contribution in [0.25, 0.3) is 11.3 Å². The number of ether oxygens (including phenoxy) is 1. The molecular weight excluding hydrogens is 278 g/mol. The molecule has 0 saturated carbocycles. The Morgan fingerprint density at radius 2 is 1.82 bits per heavy atom. The van der Waals surface area contributed by atoms with E-state index in [1.807, 2.05) is 60.7 Å². The molecule has 0 fully saturated rings. The van der Waals surface area contributed by atoms with Crippen molar-refractivity contribution in [3.63, 3.8) is 0 Å². The molecule has 0 amide bonds. The molecule has 0 radical (unpaired) electrons. The fraction of sp³-hybridized carbons (Fsp3) is 0.167. The largest absolute Gasteiger partial charge is 0.497 e. The molecule has 0 aliphatic carbocycles. The second kappa shape index (κ2) is 6.45. The lowest BCUT2D eigenvalue weighted by molar-refractivity contribution is 0.166. The molecule has 1 unspecified atom stereocenters. The molecular formula is C18H17NO3. The van der Waals surface area contributed by atoms with Gasteiger partial charge < -0.3 is 14.4 Å². The predicted molar refractivity (Wildman–Crippen MR) is 83.6 cm³/mol. The minimum Gasteiger partial charge on any atom is -0.497 e. The summed E-state index contributed by atoms with van der Waals surface area (Å²) in [7, 11) is 1.62. The normalized spacial score (nSPS) is 12.1. The summed E-state index contributed by atoms with van der Waals surface area (Å²) in [5.41, 5.74) is 2.59. The van der Waals surface area contributed by atoms with Gasteiger partial charge in [0, 0.05) is 18.1 Å². The first-order chi connectivity index (χ1) is 10.8. The average Bonchev–Trinajstić information content (AvgIpc) is 3.04. The average molecular weight is 295 g/mol. The van der Waals surface area contributed by atoms with Crippen molar-refractivity contribution in [2.75, 3.05) is 7.11 Å². The topological polar surface area (TPSA) is 55.5 Å². The van der Waals surface area contributed by atoms with Crippen LogP contribution in [-0.4, -0.2) is 17.4 Å². The number of aliphatic hydroxyl groups is 1. The molecule has 0 saturated heterocycles. The summed E-state index contributed by atoms with van der Waals surface area (Å²) in [5, 5.41) is 14.3. The fourth-order valence-electron chi connectivity index (χ4n) is 2.29. The van der Waals surface area contributed by atoms with E-state index in [1.54, 1.807) is 7.11 Å². The summed E-state index contributed by atoms with van der Waals surface area (Å²) in [6, 6.07) is 19.0. The van der Waals surface area contributed by atoms with Gasteiger partial charge in [-0.25, -0.2) is 0 Å². The highest BCUT2D eigenvalue weighted by molar-refractivity contribution is 5.58. The van der Waals surface area contributed by atoms with Crippen molar-refractivity contribution in [3.8, 4) is 17.0 Å². The van der Waals surface area contributed by atoms with Gasteiger partial charge in [-0.3, -0.25) is 0 Å². The van der Waals surface area contributed by atoms with Crippen molar-refractivity contribution in [2.24, 2.45) is 0 Å². The molecule has 0 spiro atoms. The summed E-state index contributed by atoms with van der Waals surface area (Å²) in [6.45, 7) is 0. The molecule has 4 heteroatoms. The SMILES string of the molecule is COc1ccc(C(O)Cc2cc(-c3ccccc3)no2)cc1. The van der Waals surface area contributed by atoms with Gasteiger partial charge in [0.2, 0.25) is 0 Å². The van der Waals surface area contributed by atoms with Crippen molar-refractivity contribution in [3.05, 3.63) is 72.0 Å². The van der Waals surface area contributed by atoms with Gasteiger partial charge in [0.05, 0.1) is 13.2 Å². The second-order valence-electron chi connectivity index (χ2n) is 5.04. The van der Waals surface area contributed by atoms with Gasteiger partial charge >= 0.3 is 0 Å². The Kier molecular flexibility index (Phi) is 4.21. The lowest BCUT2D eigenvalue weighted by Crippen LogP contribution is -2.00. The van der Waals surface area contributed by atoms with Gasteiger partial charge in [-0.1, -0.05) is 47.6 Å². The van der Waals surface area contributed by atoms with E-state index in [9.17, 15) is 5.11 Å². The highest BCUT2D eigenvalue weighted by Crippen LogP contribution is 2.24. The number of nitrogens with zero attached hydrogens (tertiary/aromatic N) is 1. The summed E-state index contributed by atoms with van der Waals surface area (Å²) < 4.78 is 10.4. The Labute approximate surface area is 129 Å². The molecule has 1 heterocycles. The fourth-order valence-corrected chi connectivity index (χ4v) is 2.29. The molecule has 112 valence electrons. The van der Waals surface area contributed by atoms with E-state index in [4.69, 9.17) is 9.26 Å². The van der Waals surface area contributed by atoms with Gasteiger partial charge in [-0.05, 0) is 17.7 Å². The highest BCUT2D eigenvalue weighted by atomic mass is 16.5. The van der Waals surface area contributed by atoms with Crippen LogP contribution in [0.15, 0.2) is 65.2 Å². The quantitative estimate of drug-likeness (QED) is 0.781. The smallest absolute Gasteiger partial charge is 0.140 e. The lowest BCUT2D eigenvalue weighted by atomic mass is 10.0. The number of benzene rings is 2. The second-order valence-corrected chi connectivity index (χ2v) is 5.04. The van der Waals surface area contributed by atoms with E-state index >= 15 is 0 Å². The van der Waals surface area contributed by atoms with Crippen LogP contribution in [0.4, 0.5) is 0 Å². The maximum atomic E-state index is 10.3. The van der Waals surface area contributed by atoms with E-state index in [-0.39, 0.29) is 0 Å². The summed E-state index contributed by atoms with van der Waals surface area (Å²) in [4.78, 5) is 0. The minimum atomic E-state index is -0.637. The van der Waals surface area contributed by atoms with Gasteiger partial charge in [0.15, 0.2) is 0 Å². The van der Waals surface area contributed by atoms with Crippen LogP contribution < -0.4 is 4.74 Å². The van der Waals surface area contributed by atoms with Crippen molar-refractivity contribution >= 4 is 0 Å². The molecule has 3 rings (SSSR count). The third-order valence-electron chi connectivity index (χ3n) is 3.52. The summed E-state index contributed by atoms with van der Waals surface area (Å²) in [5.74, 6) is 1.42. The predicted octanol–water partition coefficient (Wildman–Crippen LogP) is 3.63. The zero-order valence-electron chi connectivity index (χ0n) is 12.3. The first-order valence-electron chi connectivity index (χ1n) is 7.09. The third kappa shape index (κ3) is 3.18. The van der Waals surface area contributed by atoms with Gasteiger partial charge in [-0.15, -0.1) is 0 Å². The van der Waals surface area contributed by atoms with Crippen molar-refractivity contribution < 1.29 is 14.4 Å². The maximum Gasteiger partial charge on any atom is 0.140 e. The standard InChI is InChI=1S/C18H17NO3/c1-21-15-9-7-14(8-10-15)18(20)12-16-11-17(19-22-16)13-5-3-2-4-6-13/h2-11,18,20H,12H2,1H3. The van der Waals surface area contributed by atoms with Crippen LogP contribution >= 0.6 is 0 Å². The molecule has 1 N–H and O–H groups in total. The Morgan fingerprint density at radius 1 is 1.09 bits per heavy atom. The van der Waals surface area contributed by atoms with Gasteiger partial charge in [-0.2, -0.15) is 0 Å². The number of aliphatic hydroxyl groups excluding tert-OH is 1. The van der Waals surface area contributed by atoms with Crippen LogP contribution in [0.1, 0.15) is 17.4 Å². The minimum absolute atomic E-state index is 0.381. The Balaban J connectivity index is 1.71. The Bertz CT molecular complexity index is 720. The van der Waals surface area contributed by atoms with Crippen LogP contribution in [0.3, 0.4) is 0 Å².